The fourth-order valence-electron chi connectivity index (χ4n) is 19.1. The van der Waals surface area contributed by atoms with Gasteiger partial charge in [0.25, 0.3) is 0 Å². The third-order valence-corrected chi connectivity index (χ3v) is 27.9. The molecular weight excluding hydrogens is 1840 g/mol. The minimum Gasteiger partial charge on any atom is -0.497 e. The van der Waals surface area contributed by atoms with Gasteiger partial charge in [0, 0.05) is 106 Å². The summed E-state index contributed by atoms with van der Waals surface area (Å²) in [5.41, 5.74) is 20.7. The van der Waals surface area contributed by atoms with E-state index in [0.29, 0.717) is 87.4 Å². The molecule has 0 unspecified atom stereocenters. The normalized spacial score (nSPS) is 13.5. The topological polar surface area (TPSA) is 252 Å². The van der Waals surface area contributed by atoms with Gasteiger partial charge >= 0.3 is 23.9 Å². The van der Waals surface area contributed by atoms with E-state index in [1.165, 1.54) is 68.1 Å². The van der Waals surface area contributed by atoms with Crippen molar-refractivity contribution in [2.75, 3.05) is 68.1 Å². The number of ether oxygens (including phenoxy) is 9. The third-order valence-electron chi connectivity index (χ3n) is 27.9. The zero-order valence-corrected chi connectivity index (χ0v) is 86.5. The Bertz CT molecular complexity index is 7430. The number of hydrogen-bond acceptors (Lipinski definition) is 13. The van der Waals surface area contributed by atoms with Crippen molar-refractivity contribution in [3.63, 3.8) is 0 Å². The average molecular weight is 1980 g/mol. The molecule has 0 radical (unpaired) electrons. The van der Waals surface area contributed by atoms with Crippen LogP contribution in [0.25, 0.3) is 88.1 Å². The Balaban J connectivity index is 0.000000134. The van der Waals surface area contributed by atoms with Crippen LogP contribution < -0.4 is 33.2 Å². The average Bonchev–Trinajstić information content (AvgIpc) is 1.60. The van der Waals surface area contributed by atoms with Crippen LogP contribution in [0.2, 0.25) is 0 Å². The number of hydrogen-bond donors (Lipinski definition) is 4. The van der Waals surface area contributed by atoms with Crippen LogP contribution in [0.3, 0.4) is 0 Å². The minimum absolute atomic E-state index is 0.0145. The van der Waals surface area contributed by atoms with Crippen molar-refractivity contribution in [1.82, 2.24) is 18.3 Å². The summed E-state index contributed by atoms with van der Waals surface area (Å²) in [5, 5.41) is 45.4. The lowest BCUT2D eigenvalue weighted by atomic mass is 9.86. The first-order valence-electron chi connectivity index (χ1n) is 51.0. The number of rotatable bonds is 38. The van der Waals surface area contributed by atoms with Crippen LogP contribution in [0.5, 0.6) is 40.2 Å². The zero-order chi connectivity index (χ0) is 104. The fraction of sp³-hybridized carbons (Fsp3) is 0.317. The van der Waals surface area contributed by atoms with E-state index in [-0.39, 0.29) is 33.3 Å². The first-order valence-corrected chi connectivity index (χ1v) is 51.0. The summed E-state index contributed by atoms with van der Waals surface area (Å²) in [5.74, 6) is 4.09. The Labute approximate surface area is 860 Å². The van der Waals surface area contributed by atoms with E-state index in [1.54, 1.807) is 34.5 Å². The van der Waals surface area contributed by atoms with Crippen molar-refractivity contribution >= 4 is 67.5 Å². The molecule has 20 rings (SSSR count). The fourth-order valence-corrected chi connectivity index (χ4v) is 19.1. The minimum atomic E-state index is -0.994. The number of nitrogens with zero attached hydrogens (tertiary/aromatic N) is 4. The molecule has 4 aromatic heterocycles. The lowest BCUT2D eigenvalue weighted by Crippen LogP contribution is -2.11. The molecule has 16 aromatic rings. The molecule has 4 fully saturated rings. The van der Waals surface area contributed by atoms with Gasteiger partial charge in [0.15, 0.2) is 0 Å². The van der Waals surface area contributed by atoms with E-state index in [0.717, 1.165) is 183 Å². The number of benzene rings is 12. The molecule has 4 heterocycles. The highest BCUT2D eigenvalue weighted by Gasteiger charge is 2.33. The zero-order valence-electron chi connectivity index (χ0n) is 86.5. The van der Waals surface area contributed by atoms with Crippen molar-refractivity contribution in [3.8, 4) is 84.8 Å². The highest BCUT2D eigenvalue weighted by molar-refractivity contribution is 6.12. The highest BCUT2D eigenvalue weighted by atomic mass is 16.5. The maximum atomic E-state index is 12.8. The first-order chi connectivity index (χ1) is 70.8. The Morgan fingerprint density at radius 3 is 0.973 bits per heavy atom. The Hall–Kier alpha value is -15.1. The van der Waals surface area contributed by atoms with Gasteiger partial charge in [0.05, 0.1) is 60.4 Å². The van der Waals surface area contributed by atoms with Gasteiger partial charge in [-0.2, -0.15) is 0 Å². The quantitative estimate of drug-likeness (QED) is 0.0207. The number of aromatic carboxylic acids is 4. The van der Waals surface area contributed by atoms with Crippen molar-refractivity contribution in [1.29, 1.82) is 0 Å². The molecule has 21 heteroatoms. The summed E-state index contributed by atoms with van der Waals surface area (Å²) in [6, 6.07) is 87.7. The predicted molar refractivity (Wildman–Crippen MR) is 584 cm³/mol. The molecular formula is C126H134N4O17. The maximum Gasteiger partial charge on any atom is 0.353 e. The number of methoxy groups -OCH3 is 4. The van der Waals surface area contributed by atoms with Gasteiger partial charge in [-0.3, -0.25) is 0 Å². The molecule has 12 aromatic carbocycles. The third kappa shape index (κ3) is 25.2. The second-order valence-electron chi connectivity index (χ2n) is 42.3. The molecule has 0 amide bonds. The van der Waals surface area contributed by atoms with Crippen LogP contribution >= 0.6 is 0 Å². The van der Waals surface area contributed by atoms with Crippen LogP contribution in [-0.4, -0.2) is 131 Å². The molecule has 4 saturated carbocycles. The lowest BCUT2D eigenvalue weighted by Gasteiger charge is -2.19. The molecule has 0 saturated heterocycles. The van der Waals surface area contributed by atoms with Crippen LogP contribution in [0, 0.1) is 23.7 Å². The number of aromatic nitrogens is 4. The van der Waals surface area contributed by atoms with Crippen molar-refractivity contribution in [2.45, 2.75) is 169 Å². The molecule has 21 nitrogen and oxygen atoms in total. The van der Waals surface area contributed by atoms with Crippen LogP contribution in [0.1, 0.15) is 206 Å². The molecule has 0 atom stereocenters. The van der Waals surface area contributed by atoms with Crippen LogP contribution in [0.4, 0.5) is 0 Å². The molecule has 0 bridgehead atoms. The summed E-state index contributed by atoms with van der Waals surface area (Å²) in [7, 11) is 6.53. The Kier molecular flexibility index (Phi) is 31.8. The Morgan fingerprint density at radius 2 is 0.612 bits per heavy atom. The largest absolute Gasteiger partial charge is 0.497 e. The summed E-state index contributed by atoms with van der Waals surface area (Å²) in [4.78, 5) is 51.1. The molecule has 147 heavy (non-hydrogen) atoms. The Morgan fingerprint density at radius 1 is 0.306 bits per heavy atom. The first kappa shape index (κ1) is 103. The van der Waals surface area contributed by atoms with Crippen LogP contribution in [0.15, 0.2) is 280 Å². The summed E-state index contributed by atoms with van der Waals surface area (Å²) >= 11 is 0. The predicted octanol–water partition coefficient (Wildman–Crippen LogP) is 28.2. The smallest absolute Gasteiger partial charge is 0.353 e. The van der Waals surface area contributed by atoms with Crippen molar-refractivity contribution in [2.24, 2.45) is 23.7 Å². The molecule has 760 valence electrons. The van der Waals surface area contributed by atoms with Gasteiger partial charge in [-0.05, 0) is 285 Å². The summed E-state index contributed by atoms with van der Waals surface area (Å²) in [6.07, 6.45) is 12.4. The molecule has 4 aliphatic rings. The van der Waals surface area contributed by atoms with Gasteiger partial charge < -0.3 is 81.3 Å². The van der Waals surface area contributed by atoms with Crippen LogP contribution in [-0.2, 0) is 64.9 Å². The maximum absolute atomic E-state index is 12.8. The van der Waals surface area contributed by atoms with Crippen molar-refractivity contribution < 1.29 is 82.2 Å². The van der Waals surface area contributed by atoms with E-state index in [9.17, 15) is 39.6 Å². The van der Waals surface area contributed by atoms with Gasteiger partial charge in [0.1, 0.15) is 69.6 Å². The number of fused-ring (bicyclic) bond motifs is 4. The molecule has 4 aliphatic carbocycles. The highest BCUT2D eigenvalue weighted by Crippen LogP contribution is 2.46. The summed E-state index contributed by atoms with van der Waals surface area (Å²) in [6.45, 7) is 29.6. The standard InChI is InChI=1S/C33H37NO4.C32H35NO4.C31H33NO4.C30H29NO5/c1-33(2,3)26-13-11-25(12-14-26)30-28-19-22(16-17-38-21-23-8-9-23)10-15-29(28)34(31(30)32(35)36)20-24-6-5-7-27(18-24)37-4;1-32(2,3)25-13-11-24(12-14-25)29-27-17-23(20-37-19-21-8-9-21)10-15-28(27)33(30(29)31(34)35)18-22-6-5-7-26(16-22)36-4;1-31(2,3)23-12-10-22(11-13-23)28-26-15-14-25(36-19-20-8-9-20)17-27(26)32(29(28)30(33)34)18-21-6-5-7-24(16-21)35-4;1-3-15-35-25-13-14-27-26(17-25)28(22-9-11-23(12-10-22)36-19-20-7-8-20)29(30(32)33)31(27)18-21-5-4-6-24(16-21)34-2/h5-7,10-15,18-19,23H,8-9,16-17,20-21H2,1-4H3,(H,35,36);5-7,10-17,21H,8-9,18-20H2,1-4H3,(H,34,35);5-7,10-17,20H,8-9,18-19H2,1-4H3,(H,33,34);3-6,9-14,16-17,20H,1,7-8,15,18-19H2,2H3,(H,32,33). The number of carboxylic acids is 4. The number of carboxylic acid groups (broad SMARTS) is 4. The van der Waals surface area contributed by atoms with Gasteiger partial charge in [-0.1, -0.05) is 221 Å². The molecule has 0 spiro atoms. The van der Waals surface area contributed by atoms with Gasteiger partial charge in [-0.25, -0.2) is 19.2 Å². The number of carbonyl (C=O) groups is 4. The van der Waals surface area contributed by atoms with E-state index < -0.39 is 23.9 Å². The van der Waals surface area contributed by atoms with E-state index >= 15 is 0 Å². The molecule has 4 N–H and O–H groups in total. The van der Waals surface area contributed by atoms with E-state index in [1.807, 2.05) is 206 Å². The SMILES string of the molecule is C=CCOc1ccc2c(c1)c(-c1ccc(OCC3CC3)cc1)c(C(=O)O)n2Cc1cccc(OC)c1.COc1cccc(Cn2c(C(=O)O)c(-c3ccc(C(C)(C)C)cc3)c3cc(CCOCC4CC4)ccc32)c1.COc1cccc(Cn2c(C(=O)O)c(-c3ccc(C(C)(C)C)cc3)c3cc(COCC4CC4)ccc32)c1.COc1cccc(Cn2c(C(=O)O)c(-c3ccc(C(C)(C)C)cc3)c3ccc(OCC4CC4)cc32)c1. The van der Waals surface area contributed by atoms with Gasteiger partial charge in [0.2, 0.25) is 0 Å². The van der Waals surface area contributed by atoms with Gasteiger partial charge in [-0.15, -0.1) is 0 Å². The van der Waals surface area contributed by atoms with E-state index in [4.69, 9.17) is 42.6 Å². The van der Waals surface area contributed by atoms with Crippen molar-refractivity contribution in [3.05, 3.63) is 352 Å². The second kappa shape index (κ2) is 45.3. The molecule has 0 aliphatic heterocycles. The monoisotopic (exact) mass is 1970 g/mol. The van der Waals surface area contributed by atoms with E-state index in [2.05, 4.69) is 148 Å². The lowest BCUT2D eigenvalue weighted by molar-refractivity contribution is 0.0676. The second-order valence-corrected chi connectivity index (χ2v) is 42.3. The summed E-state index contributed by atoms with van der Waals surface area (Å²) < 4.78 is 58.8.